The topological polar surface area (TPSA) is 41.9 Å². The summed E-state index contributed by atoms with van der Waals surface area (Å²) in [4.78, 5) is 1.88. The molecule has 5 rings (SSSR count). The van der Waals surface area contributed by atoms with Crippen molar-refractivity contribution in [3.63, 3.8) is 0 Å². The van der Waals surface area contributed by atoms with Crippen LogP contribution in [0.1, 0.15) is 27.1 Å². The van der Waals surface area contributed by atoms with E-state index in [0.717, 1.165) is 0 Å². The number of aliphatic hydroxyl groups excluding tert-OH is 1. The fraction of sp³-hybridized carbons (Fsp3) is 0.556. The van der Waals surface area contributed by atoms with E-state index < -0.39 is 48.4 Å². The molecular formula is C18H21NO3. The molecule has 2 aliphatic carbocycles. The van der Waals surface area contributed by atoms with Gasteiger partial charge in [-0.1, -0.05) is 18.2 Å². The van der Waals surface area contributed by atoms with Gasteiger partial charge in [-0.15, -0.1) is 0 Å². The van der Waals surface area contributed by atoms with Gasteiger partial charge in [0.2, 0.25) is 0 Å². The van der Waals surface area contributed by atoms with Gasteiger partial charge in [-0.3, -0.25) is 0 Å². The minimum atomic E-state index is -2.87. The number of likely N-dealkylation sites (tertiary alicyclic amines) is 1. The maximum absolute atomic E-state index is 10.7. The van der Waals surface area contributed by atoms with Crippen LogP contribution in [0.3, 0.4) is 0 Å². The molecule has 1 aromatic rings. The second kappa shape index (κ2) is 4.06. The molecule has 1 N–H and O–H groups in total. The molecule has 5 atom stereocenters. The third kappa shape index (κ3) is 1.28. The maximum Gasteiger partial charge on any atom is 0.165 e. The van der Waals surface area contributed by atoms with Gasteiger partial charge >= 0.3 is 0 Å². The van der Waals surface area contributed by atoms with Gasteiger partial charge in [-0.05, 0) is 38.0 Å². The number of hydrogen-bond donors (Lipinski definition) is 1. The van der Waals surface area contributed by atoms with Gasteiger partial charge < -0.3 is 19.5 Å². The second-order valence-electron chi connectivity index (χ2n) is 6.45. The SMILES string of the molecule is [2H]c1c([2H])c(OC([2H])([2H])[2H])c2c3c1C[C@]1([2H])[C@@H]4C=CC(O)C([2H])(O2)[C@]34CCN1C. The van der Waals surface area contributed by atoms with Crippen LogP contribution in [-0.2, 0) is 11.8 Å². The molecule has 1 fully saturated rings. The van der Waals surface area contributed by atoms with Crippen LogP contribution >= 0.6 is 0 Å². The van der Waals surface area contributed by atoms with Crippen LogP contribution in [-0.4, -0.2) is 48.8 Å². The number of likely N-dealkylation sites (N-methyl/N-ethyl adjacent to an activating group) is 1. The largest absolute Gasteiger partial charge is 0.493 e. The predicted octanol–water partition coefficient (Wildman–Crippen LogP) is 1.50. The van der Waals surface area contributed by atoms with Gasteiger partial charge in [0.25, 0.3) is 0 Å². The van der Waals surface area contributed by atoms with E-state index in [9.17, 15) is 6.48 Å². The van der Waals surface area contributed by atoms with E-state index in [1.807, 2.05) is 11.9 Å². The van der Waals surface area contributed by atoms with Crippen molar-refractivity contribution >= 4 is 0 Å². The quantitative estimate of drug-likeness (QED) is 0.799. The molecule has 0 saturated carbocycles. The smallest absolute Gasteiger partial charge is 0.165 e. The van der Waals surface area contributed by atoms with E-state index in [0.29, 0.717) is 24.1 Å². The molecule has 1 spiro atoms. The van der Waals surface area contributed by atoms with E-state index in [1.54, 1.807) is 6.08 Å². The molecule has 4 aliphatic rings. The zero-order chi connectivity index (χ0) is 21.1. The first-order valence-electron chi connectivity index (χ1n) is 11.0. The molecule has 4 nitrogen and oxygen atoms in total. The molecule has 0 aromatic heterocycles. The van der Waals surface area contributed by atoms with Crippen LogP contribution in [0.25, 0.3) is 0 Å². The van der Waals surface area contributed by atoms with Crippen molar-refractivity contribution in [2.24, 2.45) is 5.92 Å². The molecule has 1 saturated heterocycles. The Morgan fingerprint density at radius 3 is 3.32 bits per heavy atom. The first-order chi connectivity index (χ1) is 13.4. The summed E-state index contributed by atoms with van der Waals surface area (Å²) in [6.07, 6.45) is 0.534. The van der Waals surface area contributed by atoms with Gasteiger partial charge in [0, 0.05) is 24.3 Å². The van der Waals surface area contributed by atoms with Crippen LogP contribution < -0.4 is 9.47 Å². The van der Waals surface area contributed by atoms with Gasteiger partial charge in [-0.2, -0.15) is 0 Å². The van der Waals surface area contributed by atoms with E-state index in [1.165, 1.54) is 6.08 Å². The summed E-state index contributed by atoms with van der Waals surface area (Å²) in [5.74, 6) is -0.946. The number of nitrogens with zero attached hydrogens (tertiary/aromatic N) is 1. The highest BCUT2D eigenvalue weighted by Crippen LogP contribution is 2.62. The molecule has 116 valence electrons. The third-order valence-electron chi connectivity index (χ3n) is 5.60. The Hall–Kier alpha value is -1.52. The van der Waals surface area contributed by atoms with Crippen molar-refractivity contribution in [2.45, 2.75) is 36.5 Å². The summed E-state index contributed by atoms with van der Waals surface area (Å²) in [7, 11) is -1.04. The molecule has 1 aromatic carbocycles. The lowest BCUT2D eigenvalue weighted by Crippen LogP contribution is -2.64. The molecule has 2 heterocycles. The highest BCUT2D eigenvalue weighted by atomic mass is 16.5. The second-order valence-corrected chi connectivity index (χ2v) is 6.45. The Balaban J connectivity index is 1.89. The Morgan fingerprint density at radius 1 is 1.55 bits per heavy atom. The van der Waals surface area contributed by atoms with Crippen LogP contribution in [0.4, 0.5) is 0 Å². The summed E-state index contributed by atoms with van der Waals surface area (Å²) < 4.78 is 68.6. The van der Waals surface area contributed by atoms with Crippen LogP contribution in [0.2, 0.25) is 0 Å². The van der Waals surface area contributed by atoms with Crippen molar-refractivity contribution in [2.75, 3.05) is 20.6 Å². The number of methoxy groups -OCH3 is 1. The fourth-order valence-electron chi connectivity index (χ4n) is 4.65. The van der Waals surface area contributed by atoms with E-state index in [2.05, 4.69) is 0 Å². The lowest BCUT2D eigenvalue weighted by molar-refractivity contribution is -0.0453. The Bertz CT molecular complexity index is 966. The standard InChI is InChI=1S/C18H21NO3/c1-19-8-7-18-11-4-5-13(20)17(18)22-16-14(21-2)6-3-10(15(16)18)9-12(11)19/h3-6,11-13,17,20H,7-9H2,1-2H3/t11-,12+,13?,17?,18-/m0/s1/i2D3,3D,6D,12D,17D. The Kier molecular flexibility index (Phi) is 1.45. The minimum absolute atomic E-state index is 0.0496. The summed E-state index contributed by atoms with van der Waals surface area (Å²) in [5.41, 5.74) is -0.274. The summed E-state index contributed by atoms with van der Waals surface area (Å²) in [5, 5.41) is 10.7. The Morgan fingerprint density at radius 2 is 2.45 bits per heavy atom. The first kappa shape index (κ1) is 7.84. The third-order valence-corrected chi connectivity index (χ3v) is 5.60. The molecule has 2 aliphatic heterocycles. The van der Waals surface area contributed by atoms with Crippen molar-refractivity contribution in [3.05, 3.63) is 35.4 Å². The average molecular weight is 306 g/mol. The highest BCUT2D eigenvalue weighted by molar-refractivity contribution is 5.62. The molecule has 2 unspecified atom stereocenters. The Labute approximate surface area is 140 Å². The fourth-order valence-corrected chi connectivity index (χ4v) is 4.65. The lowest BCUT2D eigenvalue weighted by Gasteiger charge is -2.56. The molecule has 0 radical (unpaired) electrons. The predicted molar refractivity (Wildman–Crippen MR) is 82.5 cm³/mol. The number of piperidine rings is 1. The minimum Gasteiger partial charge on any atom is -0.493 e. The average Bonchev–Trinajstić information content (AvgIpc) is 2.89. The van der Waals surface area contributed by atoms with Crippen LogP contribution in [0.5, 0.6) is 11.5 Å². The molecular weight excluding hydrogens is 278 g/mol. The van der Waals surface area contributed by atoms with Crippen molar-refractivity contribution < 1.29 is 24.2 Å². The monoisotopic (exact) mass is 306 g/mol. The van der Waals surface area contributed by atoms with Crippen molar-refractivity contribution in [3.8, 4) is 11.5 Å². The highest BCUT2D eigenvalue weighted by Gasteiger charge is 2.64. The zero-order valence-corrected chi connectivity index (χ0v) is 12.1. The van der Waals surface area contributed by atoms with E-state index in [4.69, 9.17) is 17.7 Å². The molecule has 2 bridgehead atoms. The van der Waals surface area contributed by atoms with Crippen molar-refractivity contribution in [1.29, 1.82) is 0 Å². The number of rotatable bonds is 1. The maximum atomic E-state index is 10.7. The van der Waals surface area contributed by atoms with Gasteiger partial charge in [0.15, 0.2) is 11.5 Å². The van der Waals surface area contributed by atoms with Crippen LogP contribution in [0.15, 0.2) is 24.2 Å². The number of benzene rings is 1. The molecule has 4 heteroatoms. The first-order valence-corrected chi connectivity index (χ1v) is 7.49. The van der Waals surface area contributed by atoms with Crippen LogP contribution in [0, 0.1) is 5.92 Å². The molecule has 0 amide bonds. The number of hydrogen-bond acceptors (Lipinski definition) is 4. The van der Waals surface area contributed by atoms with E-state index in [-0.39, 0.29) is 18.2 Å². The molecule has 22 heavy (non-hydrogen) atoms. The van der Waals surface area contributed by atoms with Crippen molar-refractivity contribution in [1.82, 2.24) is 4.90 Å². The summed E-state index contributed by atoms with van der Waals surface area (Å²) >= 11 is 0. The van der Waals surface area contributed by atoms with Gasteiger partial charge in [0.1, 0.15) is 12.2 Å². The number of ether oxygens (including phenoxy) is 2. The van der Waals surface area contributed by atoms with E-state index >= 15 is 0 Å². The summed E-state index contributed by atoms with van der Waals surface area (Å²) in [6.45, 7) is 0.481. The summed E-state index contributed by atoms with van der Waals surface area (Å²) in [6, 6.07) is -1.84. The lowest BCUT2D eigenvalue weighted by atomic mass is 9.53. The number of aliphatic hydroxyl groups is 1. The van der Waals surface area contributed by atoms with Gasteiger partial charge in [-0.25, -0.2) is 0 Å². The normalized spacial score (nSPS) is 52.9. The van der Waals surface area contributed by atoms with Gasteiger partial charge in [0.05, 0.1) is 15.3 Å². The zero-order valence-electron chi connectivity index (χ0n) is 19.1.